The molecule has 0 aliphatic rings. The first-order valence-corrected chi connectivity index (χ1v) is 9.48. The van der Waals surface area contributed by atoms with Crippen LogP contribution in [-0.2, 0) is 9.59 Å². The van der Waals surface area contributed by atoms with E-state index >= 15 is 0 Å². The van der Waals surface area contributed by atoms with E-state index in [0.29, 0.717) is 22.8 Å². The molecule has 0 radical (unpaired) electrons. The van der Waals surface area contributed by atoms with Crippen LogP contribution in [0.25, 0.3) is 20.7 Å². The zero-order chi connectivity index (χ0) is 21.6. The lowest BCUT2D eigenvalue weighted by Gasteiger charge is -2.07. The number of benzene rings is 1. The second kappa shape index (κ2) is 9.65. The van der Waals surface area contributed by atoms with Crippen molar-refractivity contribution in [1.82, 2.24) is 9.97 Å². The van der Waals surface area contributed by atoms with Crippen LogP contribution in [0.2, 0.25) is 0 Å². The Kier molecular flexibility index (Phi) is 7.27. The molecule has 0 bridgehead atoms. The average Bonchev–Trinajstić information content (AvgIpc) is 3.05. The molecule has 0 spiro atoms. The topological polar surface area (TPSA) is 132 Å². The van der Waals surface area contributed by atoms with Crippen LogP contribution in [0.4, 0.5) is 5.95 Å². The van der Waals surface area contributed by atoms with Crippen molar-refractivity contribution < 1.29 is 19.8 Å². The minimum atomic E-state index is -1.26. The van der Waals surface area contributed by atoms with E-state index in [4.69, 9.17) is 10.2 Å². The molecule has 29 heavy (non-hydrogen) atoms. The van der Waals surface area contributed by atoms with Gasteiger partial charge in [-0.15, -0.1) is 11.3 Å². The van der Waals surface area contributed by atoms with Crippen molar-refractivity contribution in [3.8, 4) is 10.4 Å². The predicted molar refractivity (Wildman–Crippen MR) is 114 cm³/mol. The van der Waals surface area contributed by atoms with E-state index in [-0.39, 0.29) is 11.6 Å². The van der Waals surface area contributed by atoms with Gasteiger partial charge < -0.3 is 15.5 Å². The van der Waals surface area contributed by atoms with Crippen LogP contribution in [0, 0.1) is 6.92 Å². The maximum atomic E-state index is 12.2. The first-order valence-electron chi connectivity index (χ1n) is 8.67. The van der Waals surface area contributed by atoms with Crippen LogP contribution in [0.1, 0.15) is 19.4 Å². The van der Waals surface area contributed by atoms with E-state index < -0.39 is 11.9 Å². The zero-order valence-electron chi connectivity index (χ0n) is 16.1. The number of carboxylic acid groups (broad SMARTS) is 2. The molecule has 0 aliphatic carbocycles. The van der Waals surface area contributed by atoms with E-state index in [1.807, 2.05) is 19.9 Å². The number of aryl methyl sites for hydroxylation is 1. The summed E-state index contributed by atoms with van der Waals surface area (Å²) in [5.41, 5.74) is 2.98. The van der Waals surface area contributed by atoms with Crippen LogP contribution >= 0.6 is 11.3 Å². The number of carboxylic acids is 2. The molecular weight excluding hydrogens is 394 g/mol. The summed E-state index contributed by atoms with van der Waals surface area (Å²) in [5, 5.41) is 18.8. The number of hydrogen-bond acceptors (Lipinski definition) is 6. The van der Waals surface area contributed by atoms with Crippen molar-refractivity contribution in [2.24, 2.45) is 0 Å². The Hall–Kier alpha value is -3.46. The Bertz CT molecular complexity index is 1080. The van der Waals surface area contributed by atoms with Crippen molar-refractivity contribution in [2.45, 2.75) is 26.8 Å². The van der Waals surface area contributed by atoms with Crippen LogP contribution < -0.4 is 10.9 Å². The SMILES string of the molecule is Cc1ccc(-c2cc3nc(NC(C)C)[nH]c(=O)c3s2)cc1.O=C(O)/C=C/C(=O)O. The number of aromatic nitrogens is 2. The Morgan fingerprint density at radius 2 is 1.72 bits per heavy atom. The Balaban J connectivity index is 0.000000321. The minimum Gasteiger partial charge on any atom is -0.478 e. The van der Waals surface area contributed by atoms with E-state index in [1.54, 1.807) is 0 Å². The molecular formula is C20H21N3O5S. The number of nitrogens with zero attached hydrogens (tertiary/aromatic N) is 1. The molecule has 3 aromatic rings. The average molecular weight is 415 g/mol. The van der Waals surface area contributed by atoms with E-state index in [1.165, 1.54) is 16.9 Å². The highest BCUT2D eigenvalue weighted by molar-refractivity contribution is 7.22. The van der Waals surface area contributed by atoms with E-state index in [9.17, 15) is 14.4 Å². The summed E-state index contributed by atoms with van der Waals surface area (Å²) in [6, 6.07) is 10.5. The molecule has 1 aromatic carbocycles. The Morgan fingerprint density at radius 3 is 2.24 bits per heavy atom. The summed E-state index contributed by atoms with van der Waals surface area (Å²) in [4.78, 5) is 39.6. The number of hydrogen-bond donors (Lipinski definition) is 4. The van der Waals surface area contributed by atoms with Gasteiger partial charge in [-0.1, -0.05) is 29.8 Å². The second-order valence-corrected chi connectivity index (χ2v) is 7.47. The van der Waals surface area contributed by atoms with Gasteiger partial charge >= 0.3 is 11.9 Å². The number of fused-ring (bicyclic) bond motifs is 1. The Labute approximate surface area is 170 Å². The third-order valence-corrected chi connectivity index (χ3v) is 4.68. The first kappa shape index (κ1) is 21.8. The largest absolute Gasteiger partial charge is 0.478 e. The summed E-state index contributed by atoms with van der Waals surface area (Å²) in [7, 11) is 0. The second-order valence-electron chi connectivity index (χ2n) is 6.41. The molecule has 4 N–H and O–H groups in total. The van der Waals surface area contributed by atoms with Gasteiger partial charge in [0.1, 0.15) is 4.70 Å². The maximum Gasteiger partial charge on any atom is 0.328 e. The van der Waals surface area contributed by atoms with Crippen LogP contribution in [-0.4, -0.2) is 38.2 Å². The van der Waals surface area contributed by atoms with Gasteiger partial charge in [0.2, 0.25) is 5.95 Å². The molecule has 3 rings (SSSR count). The van der Waals surface area contributed by atoms with Gasteiger partial charge in [-0.05, 0) is 32.4 Å². The molecule has 0 atom stereocenters. The van der Waals surface area contributed by atoms with Crippen LogP contribution in [0.3, 0.4) is 0 Å². The number of aromatic amines is 1. The lowest BCUT2D eigenvalue weighted by atomic mass is 10.1. The Morgan fingerprint density at radius 1 is 1.14 bits per heavy atom. The molecule has 2 heterocycles. The lowest BCUT2D eigenvalue weighted by Crippen LogP contribution is -2.16. The molecule has 9 heteroatoms. The number of H-pyrrole nitrogens is 1. The van der Waals surface area contributed by atoms with Crippen molar-refractivity contribution in [3.63, 3.8) is 0 Å². The van der Waals surface area contributed by atoms with Gasteiger partial charge in [-0.25, -0.2) is 14.6 Å². The summed E-state index contributed by atoms with van der Waals surface area (Å²) >= 11 is 1.48. The monoisotopic (exact) mass is 415 g/mol. The quantitative estimate of drug-likeness (QED) is 0.469. The molecule has 0 saturated heterocycles. The zero-order valence-corrected chi connectivity index (χ0v) is 16.9. The van der Waals surface area contributed by atoms with Crippen molar-refractivity contribution in [2.75, 3.05) is 5.32 Å². The van der Waals surface area contributed by atoms with E-state index in [0.717, 1.165) is 16.0 Å². The molecule has 0 unspecified atom stereocenters. The first-order chi connectivity index (χ1) is 13.7. The molecule has 0 amide bonds. The highest BCUT2D eigenvalue weighted by Gasteiger charge is 2.10. The standard InChI is InChI=1S/C16H17N3OS.C4H4O4/c1-9(2)17-16-18-12-8-13(21-14(12)15(20)19-16)11-6-4-10(3)5-7-11;5-3(6)1-2-4(7)8/h4-9H,1-3H3,(H2,17,18,19,20);1-2H,(H,5,6)(H,7,8)/b;2-1+. The molecule has 8 nitrogen and oxygen atoms in total. The number of aliphatic carboxylic acids is 2. The predicted octanol–water partition coefficient (Wildman–Crippen LogP) is 3.49. The van der Waals surface area contributed by atoms with E-state index in [2.05, 4.69) is 46.5 Å². The molecule has 152 valence electrons. The van der Waals surface area contributed by atoms with Gasteiger partial charge in [-0.2, -0.15) is 0 Å². The van der Waals surface area contributed by atoms with Gasteiger partial charge in [-0.3, -0.25) is 9.78 Å². The van der Waals surface area contributed by atoms with Gasteiger partial charge in [0.05, 0.1) is 5.52 Å². The number of anilines is 1. The fourth-order valence-corrected chi connectivity index (χ4v) is 3.28. The smallest absolute Gasteiger partial charge is 0.328 e. The summed E-state index contributed by atoms with van der Waals surface area (Å²) < 4.78 is 0.667. The van der Waals surface area contributed by atoms with Crippen LogP contribution in [0.15, 0.2) is 47.3 Å². The fourth-order valence-electron chi connectivity index (χ4n) is 2.28. The summed E-state index contributed by atoms with van der Waals surface area (Å²) in [5.74, 6) is -1.99. The third kappa shape index (κ3) is 6.58. The fraction of sp³-hybridized carbons (Fsp3) is 0.200. The highest BCUT2D eigenvalue weighted by Crippen LogP contribution is 2.31. The molecule has 0 fully saturated rings. The third-order valence-electron chi connectivity index (χ3n) is 3.51. The number of thiophene rings is 1. The van der Waals surface area contributed by atoms with Crippen molar-refractivity contribution >= 4 is 39.4 Å². The number of rotatable bonds is 5. The lowest BCUT2D eigenvalue weighted by molar-refractivity contribution is -0.134. The van der Waals surface area contributed by atoms with Gasteiger partial charge in [0, 0.05) is 23.1 Å². The minimum absolute atomic E-state index is 0.0912. The van der Waals surface area contributed by atoms with Crippen molar-refractivity contribution in [1.29, 1.82) is 0 Å². The van der Waals surface area contributed by atoms with Gasteiger partial charge in [0.15, 0.2) is 0 Å². The maximum absolute atomic E-state index is 12.2. The highest BCUT2D eigenvalue weighted by atomic mass is 32.1. The number of nitrogens with one attached hydrogen (secondary N) is 2. The molecule has 2 aromatic heterocycles. The summed E-state index contributed by atoms with van der Waals surface area (Å²) in [6.45, 7) is 6.08. The summed E-state index contributed by atoms with van der Waals surface area (Å²) in [6.07, 6.45) is 1.12. The molecule has 0 saturated carbocycles. The van der Waals surface area contributed by atoms with Crippen LogP contribution in [0.5, 0.6) is 0 Å². The number of carbonyl (C=O) groups is 2. The molecule has 0 aliphatic heterocycles. The van der Waals surface area contributed by atoms with Crippen molar-refractivity contribution in [3.05, 3.63) is 58.4 Å². The normalized spacial score (nSPS) is 10.8. The van der Waals surface area contributed by atoms with Gasteiger partial charge in [0.25, 0.3) is 5.56 Å².